The van der Waals surface area contributed by atoms with Gasteiger partial charge in [0.1, 0.15) is 0 Å². The highest BCUT2D eigenvalue weighted by atomic mass is 32.2. The first-order valence-corrected chi connectivity index (χ1v) is 7.23. The molecule has 8 nitrogen and oxygen atoms in total. The molecule has 2 N–H and O–H groups in total. The third-order valence-corrected chi connectivity index (χ3v) is 3.83. The van der Waals surface area contributed by atoms with Gasteiger partial charge in [-0.2, -0.15) is 0 Å². The highest BCUT2D eigenvalue weighted by molar-refractivity contribution is 7.92. The minimum absolute atomic E-state index is 0.00454. The van der Waals surface area contributed by atoms with Crippen molar-refractivity contribution in [1.29, 1.82) is 0 Å². The van der Waals surface area contributed by atoms with Gasteiger partial charge in [0, 0.05) is 18.1 Å². The lowest BCUT2D eigenvalue weighted by Gasteiger charge is -2.09. The molecule has 2 rings (SSSR count). The minimum Gasteiger partial charge on any atom is -0.478 e. The van der Waals surface area contributed by atoms with Gasteiger partial charge in [-0.15, -0.1) is 0 Å². The van der Waals surface area contributed by atoms with Crippen LogP contribution in [0, 0.1) is 0 Å². The molecular weight excluding hydrogens is 296 g/mol. The number of hydrogen-bond donors (Lipinski definition) is 2. The van der Waals surface area contributed by atoms with Crippen molar-refractivity contribution in [2.75, 3.05) is 17.1 Å². The Morgan fingerprint density at radius 2 is 1.81 bits per heavy atom. The monoisotopic (exact) mass is 308 g/mol. The highest BCUT2D eigenvalue weighted by Crippen LogP contribution is 2.21. The number of aromatic nitrogens is 2. The summed E-state index contributed by atoms with van der Waals surface area (Å²) in [5.74, 6) is 0.0652. The Balaban J connectivity index is 2.27. The fourth-order valence-electron chi connectivity index (χ4n) is 1.53. The lowest BCUT2D eigenvalue weighted by Crippen LogP contribution is -2.15. The average molecular weight is 308 g/mol. The second-order valence-electron chi connectivity index (χ2n) is 3.81. The molecule has 0 unspecified atom stereocenters. The van der Waals surface area contributed by atoms with Crippen LogP contribution in [0.3, 0.4) is 0 Å². The van der Waals surface area contributed by atoms with Crippen molar-refractivity contribution in [2.45, 2.75) is 4.90 Å². The Morgan fingerprint density at radius 1 is 1.14 bits per heavy atom. The van der Waals surface area contributed by atoms with Gasteiger partial charge in [-0.3, -0.25) is 9.52 Å². The van der Waals surface area contributed by atoms with E-state index in [0.717, 1.165) is 0 Å². The molecule has 0 atom stereocenters. The highest BCUT2D eigenvalue weighted by Gasteiger charge is 2.17. The number of sulfonamides is 1. The van der Waals surface area contributed by atoms with Crippen LogP contribution in [0.2, 0.25) is 0 Å². The molecule has 0 saturated heterocycles. The molecule has 0 bridgehead atoms. The van der Waals surface area contributed by atoms with Crippen LogP contribution in [0.25, 0.3) is 0 Å². The first-order valence-electron chi connectivity index (χ1n) is 5.75. The van der Waals surface area contributed by atoms with Crippen molar-refractivity contribution in [3.05, 3.63) is 36.7 Å². The summed E-state index contributed by atoms with van der Waals surface area (Å²) in [7, 11) is -2.46. The van der Waals surface area contributed by atoms with E-state index in [1.807, 2.05) is 0 Å². The molecule has 0 radical (unpaired) electrons. The molecule has 1 amide bonds. The van der Waals surface area contributed by atoms with Gasteiger partial charge in [0.15, 0.2) is 0 Å². The number of carbonyl (C=O) groups is 1. The number of amides is 1. The second-order valence-corrected chi connectivity index (χ2v) is 5.49. The van der Waals surface area contributed by atoms with Gasteiger partial charge in [0.2, 0.25) is 12.2 Å². The van der Waals surface area contributed by atoms with Gasteiger partial charge < -0.3 is 10.1 Å². The van der Waals surface area contributed by atoms with E-state index in [1.54, 1.807) is 0 Å². The van der Waals surface area contributed by atoms with Gasteiger partial charge in [0.25, 0.3) is 15.9 Å². The van der Waals surface area contributed by atoms with Crippen molar-refractivity contribution in [2.24, 2.45) is 0 Å². The van der Waals surface area contributed by atoms with Crippen molar-refractivity contribution >= 4 is 27.9 Å². The van der Waals surface area contributed by atoms with Crippen LogP contribution >= 0.6 is 0 Å². The van der Waals surface area contributed by atoms with Crippen LogP contribution in [0.4, 0.5) is 11.5 Å². The Morgan fingerprint density at radius 3 is 2.43 bits per heavy atom. The number of methoxy groups -OCH3 is 1. The van der Waals surface area contributed by atoms with E-state index in [9.17, 15) is 13.2 Å². The standard InChI is InChI=1S/C12H12N4O4S/c1-20-12-11(13-6-7-14-12)16-21(18,19)10-4-2-9(3-5-10)15-8-17/h2-8H,1H3,(H,13,16)(H,15,17). The summed E-state index contributed by atoms with van der Waals surface area (Å²) < 4.78 is 31.6. The maximum atomic E-state index is 12.2. The van der Waals surface area contributed by atoms with Crippen LogP contribution in [-0.4, -0.2) is 31.9 Å². The van der Waals surface area contributed by atoms with Gasteiger partial charge in [-0.1, -0.05) is 0 Å². The van der Waals surface area contributed by atoms with Gasteiger partial charge in [-0.05, 0) is 24.3 Å². The average Bonchev–Trinajstić information content (AvgIpc) is 2.48. The molecule has 0 saturated carbocycles. The van der Waals surface area contributed by atoms with E-state index in [-0.39, 0.29) is 16.6 Å². The third kappa shape index (κ3) is 3.45. The number of hydrogen-bond acceptors (Lipinski definition) is 6. The smallest absolute Gasteiger partial charge is 0.263 e. The van der Waals surface area contributed by atoms with E-state index < -0.39 is 10.0 Å². The third-order valence-electron chi connectivity index (χ3n) is 2.48. The van der Waals surface area contributed by atoms with Crippen molar-refractivity contribution < 1.29 is 17.9 Å². The number of nitrogens with one attached hydrogen (secondary N) is 2. The summed E-state index contributed by atoms with van der Waals surface area (Å²) in [6.45, 7) is 0. The molecule has 1 heterocycles. The summed E-state index contributed by atoms with van der Waals surface area (Å²) in [5.41, 5.74) is 0.487. The van der Waals surface area contributed by atoms with Gasteiger partial charge in [-0.25, -0.2) is 18.4 Å². The summed E-state index contributed by atoms with van der Waals surface area (Å²) >= 11 is 0. The molecule has 110 valence electrons. The Kier molecular flexibility index (Phi) is 4.33. The summed E-state index contributed by atoms with van der Waals surface area (Å²) in [6.07, 6.45) is 3.24. The van der Waals surface area contributed by atoms with Crippen LogP contribution in [-0.2, 0) is 14.8 Å². The molecule has 0 aliphatic heterocycles. The largest absolute Gasteiger partial charge is 0.478 e. The van der Waals surface area contributed by atoms with E-state index >= 15 is 0 Å². The van der Waals surface area contributed by atoms with Crippen molar-refractivity contribution in [1.82, 2.24) is 9.97 Å². The fourth-order valence-corrected chi connectivity index (χ4v) is 2.54. The number of benzene rings is 1. The lowest BCUT2D eigenvalue weighted by molar-refractivity contribution is -0.105. The molecular formula is C12H12N4O4S. The SMILES string of the molecule is COc1nccnc1NS(=O)(=O)c1ccc(NC=O)cc1. The van der Waals surface area contributed by atoms with Crippen molar-refractivity contribution in [3.8, 4) is 5.88 Å². The summed E-state index contributed by atoms with van der Waals surface area (Å²) in [4.78, 5) is 18.0. The maximum absolute atomic E-state index is 12.2. The topological polar surface area (TPSA) is 110 Å². The Labute approximate surface area is 121 Å². The molecule has 0 fully saturated rings. The lowest BCUT2D eigenvalue weighted by atomic mass is 10.3. The number of anilines is 2. The van der Waals surface area contributed by atoms with Crippen LogP contribution in [0.15, 0.2) is 41.6 Å². The predicted molar refractivity (Wildman–Crippen MR) is 75.5 cm³/mol. The second kappa shape index (κ2) is 6.18. The van der Waals surface area contributed by atoms with Crippen LogP contribution in [0.5, 0.6) is 5.88 Å². The molecule has 2 aromatic rings. The Hall–Kier alpha value is -2.68. The summed E-state index contributed by atoms with van der Waals surface area (Å²) in [5, 5.41) is 2.42. The first-order chi connectivity index (χ1) is 10.1. The van der Waals surface area contributed by atoms with Gasteiger partial charge in [0.05, 0.1) is 12.0 Å². The molecule has 21 heavy (non-hydrogen) atoms. The van der Waals surface area contributed by atoms with E-state index in [0.29, 0.717) is 12.1 Å². The number of rotatable bonds is 6. The van der Waals surface area contributed by atoms with E-state index in [2.05, 4.69) is 20.0 Å². The fraction of sp³-hybridized carbons (Fsp3) is 0.0833. The van der Waals surface area contributed by atoms with Gasteiger partial charge >= 0.3 is 0 Å². The number of carbonyl (C=O) groups excluding carboxylic acids is 1. The zero-order valence-corrected chi connectivity index (χ0v) is 11.8. The molecule has 0 spiro atoms. The van der Waals surface area contributed by atoms with E-state index in [4.69, 9.17) is 4.74 Å². The normalized spacial score (nSPS) is 10.7. The quantitative estimate of drug-likeness (QED) is 0.766. The molecule has 0 aliphatic carbocycles. The molecule has 0 aliphatic rings. The zero-order valence-electron chi connectivity index (χ0n) is 11.0. The molecule has 9 heteroatoms. The number of ether oxygens (including phenoxy) is 1. The predicted octanol–water partition coefficient (Wildman–Crippen LogP) is 0.854. The van der Waals surface area contributed by atoms with Crippen LogP contribution < -0.4 is 14.8 Å². The maximum Gasteiger partial charge on any atom is 0.263 e. The first kappa shape index (κ1) is 14.7. The minimum atomic E-state index is -3.83. The summed E-state index contributed by atoms with van der Waals surface area (Å²) in [6, 6.07) is 5.65. The zero-order chi connectivity index (χ0) is 15.3. The van der Waals surface area contributed by atoms with Crippen molar-refractivity contribution in [3.63, 3.8) is 0 Å². The Bertz CT molecular complexity index is 731. The molecule has 1 aromatic heterocycles. The number of nitrogens with zero attached hydrogens (tertiary/aromatic N) is 2. The van der Waals surface area contributed by atoms with E-state index in [1.165, 1.54) is 43.8 Å². The molecule has 1 aromatic carbocycles. The van der Waals surface area contributed by atoms with Crippen LogP contribution in [0.1, 0.15) is 0 Å².